The van der Waals surface area contributed by atoms with Gasteiger partial charge in [-0.1, -0.05) is 46.3 Å². The predicted octanol–water partition coefficient (Wildman–Crippen LogP) is 6.58. The van der Waals surface area contributed by atoms with E-state index in [1.54, 1.807) is 24.3 Å². The van der Waals surface area contributed by atoms with Crippen molar-refractivity contribution >= 4 is 56.2 Å². The van der Waals surface area contributed by atoms with Crippen molar-refractivity contribution < 1.29 is 14.3 Å². The van der Waals surface area contributed by atoms with E-state index in [0.29, 0.717) is 36.0 Å². The molecule has 0 bridgehead atoms. The van der Waals surface area contributed by atoms with Gasteiger partial charge in [-0.3, -0.25) is 4.79 Å². The Labute approximate surface area is 209 Å². The number of anilines is 1. The van der Waals surface area contributed by atoms with Gasteiger partial charge >= 0.3 is 0 Å². The lowest BCUT2D eigenvalue weighted by Crippen LogP contribution is -2.13. The second kappa shape index (κ2) is 11.7. The summed E-state index contributed by atoms with van der Waals surface area (Å²) < 4.78 is 13.5. The van der Waals surface area contributed by atoms with Crippen LogP contribution < -0.4 is 14.8 Å². The van der Waals surface area contributed by atoms with Crippen molar-refractivity contribution in [1.29, 1.82) is 5.26 Å². The van der Waals surface area contributed by atoms with Crippen molar-refractivity contribution in [2.24, 2.45) is 0 Å². The highest BCUT2D eigenvalue weighted by Gasteiger charge is 2.15. The molecule has 0 saturated heterocycles. The minimum atomic E-state index is -0.479. The van der Waals surface area contributed by atoms with Gasteiger partial charge in [0.2, 0.25) is 0 Å². The molecule has 0 atom stereocenters. The summed E-state index contributed by atoms with van der Waals surface area (Å²) in [5.41, 5.74) is 2.32. The maximum atomic E-state index is 12.6. The molecule has 0 unspecified atom stereocenters. The Hall–Kier alpha value is -2.83. The average molecular weight is 603 g/mol. The maximum absolute atomic E-state index is 12.6. The number of rotatable bonds is 8. The van der Waals surface area contributed by atoms with Crippen molar-refractivity contribution in [1.82, 2.24) is 0 Å². The maximum Gasteiger partial charge on any atom is 0.266 e. The lowest BCUT2D eigenvalue weighted by atomic mass is 10.1. The van der Waals surface area contributed by atoms with E-state index in [-0.39, 0.29) is 5.57 Å². The van der Waals surface area contributed by atoms with Crippen LogP contribution in [0.25, 0.3) is 6.08 Å². The molecule has 5 nitrogen and oxygen atoms in total. The Kier molecular flexibility index (Phi) is 8.71. The van der Waals surface area contributed by atoms with Crippen LogP contribution in [0.2, 0.25) is 0 Å². The fourth-order valence-electron chi connectivity index (χ4n) is 2.85. The van der Waals surface area contributed by atoms with Crippen molar-refractivity contribution in [2.75, 3.05) is 11.9 Å². The van der Waals surface area contributed by atoms with Crippen LogP contribution >= 0.6 is 38.5 Å². The van der Waals surface area contributed by atoms with E-state index in [1.807, 2.05) is 61.5 Å². The summed E-state index contributed by atoms with van der Waals surface area (Å²) >= 11 is 5.53. The lowest BCUT2D eigenvalue weighted by Gasteiger charge is -2.15. The largest absolute Gasteiger partial charge is 0.490 e. The number of benzene rings is 3. The van der Waals surface area contributed by atoms with E-state index in [1.165, 1.54) is 0 Å². The monoisotopic (exact) mass is 602 g/mol. The number of carbonyl (C=O) groups excluding carboxylic acids is 1. The highest BCUT2D eigenvalue weighted by Crippen LogP contribution is 2.35. The molecule has 3 aromatic rings. The molecule has 0 aliphatic carbocycles. The van der Waals surface area contributed by atoms with Gasteiger partial charge in [-0.25, -0.2) is 0 Å². The Bertz CT molecular complexity index is 1160. The van der Waals surface area contributed by atoms with Gasteiger partial charge in [0.25, 0.3) is 5.91 Å². The fourth-order valence-corrected chi connectivity index (χ4v) is 3.90. The summed E-state index contributed by atoms with van der Waals surface area (Å²) in [5, 5.41) is 12.3. The number of carbonyl (C=O) groups is 1. The number of hydrogen-bond donors (Lipinski definition) is 1. The standard InChI is InChI=1S/C25H20BrIN2O3/c1-2-31-23-14-18(13-22(27)24(23)32-16-17-6-4-3-5-7-17)12-19(15-28)25(30)29-21-10-8-20(26)9-11-21/h3-14H,2,16H2,1H3,(H,29,30)/b19-12-. The van der Waals surface area contributed by atoms with Crippen LogP contribution in [-0.2, 0) is 11.4 Å². The van der Waals surface area contributed by atoms with Gasteiger partial charge in [-0.2, -0.15) is 5.26 Å². The summed E-state index contributed by atoms with van der Waals surface area (Å²) in [6.07, 6.45) is 1.54. The van der Waals surface area contributed by atoms with Crippen LogP contribution in [0.15, 0.2) is 76.8 Å². The third-order valence-corrected chi connectivity index (χ3v) is 5.67. The first-order valence-corrected chi connectivity index (χ1v) is 11.7. The van der Waals surface area contributed by atoms with E-state index in [9.17, 15) is 10.1 Å². The molecule has 3 aromatic carbocycles. The minimum Gasteiger partial charge on any atom is -0.490 e. The number of hydrogen-bond acceptors (Lipinski definition) is 4. The van der Waals surface area contributed by atoms with Gasteiger partial charge in [0, 0.05) is 10.2 Å². The molecule has 3 rings (SSSR count). The van der Waals surface area contributed by atoms with Crippen molar-refractivity contribution in [2.45, 2.75) is 13.5 Å². The first-order chi connectivity index (χ1) is 15.5. The van der Waals surface area contributed by atoms with E-state index < -0.39 is 5.91 Å². The Balaban J connectivity index is 1.83. The molecule has 0 radical (unpaired) electrons. The minimum absolute atomic E-state index is 0.0101. The molecule has 0 saturated carbocycles. The molecule has 32 heavy (non-hydrogen) atoms. The summed E-state index contributed by atoms with van der Waals surface area (Å²) in [4.78, 5) is 12.6. The number of nitrogens with one attached hydrogen (secondary N) is 1. The molecule has 162 valence electrons. The zero-order valence-corrected chi connectivity index (χ0v) is 21.0. The number of nitrogens with zero attached hydrogens (tertiary/aromatic N) is 1. The molecular weight excluding hydrogens is 583 g/mol. The van der Waals surface area contributed by atoms with Crippen LogP contribution in [0, 0.1) is 14.9 Å². The molecule has 0 heterocycles. The SMILES string of the molecule is CCOc1cc(/C=C(/C#N)C(=O)Nc2ccc(Br)cc2)cc(I)c1OCc1ccccc1. The Morgan fingerprint density at radius 3 is 2.50 bits per heavy atom. The molecule has 7 heteroatoms. The molecule has 0 aromatic heterocycles. The first-order valence-electron chi connectivity index (χ1n) is 9.82. The average Bonchev–Trinajstić information content (AvgIpc) is 2.79. The van der Waals surface area contributed by atoms with Crippen LogP contribution in [0.3, 0.4) is 0 Å². The van der Waals surface area contributed by atoms with Gasteiger partial charge < -0.3 is 14.8 Å². The van der Waals surface area contributed by atoms with Crippen molar-refractivity contribution in [3.8, 4) is 17.6 Å². The summed E-state index contributed by atoms with van der Waals surface area (Å²) in [6, 6.07) is 22.6. The molecule has 0 fully saturated rings. The van der Waals surface area contributed by atoms with E-state index in [0.717, 1.165) is 13.6 Å². The van der Waals surface area contributed by atoms with Crippen LogP contribution in [0.1, 0.15) is 18.1 Å². The fraction of sp³-hybridized carbons (Fsp3) is 0.120. The molecule has 1 N–H and O–H groups in total. The first kappa shape index (κ1) is 23.8. The van der Waals surface area contributed by atoms with E-state index >= 15 is 0 Å². The highest BCUT2D eigenvalue weighted by atomic mass is 127. The third kappa shape index (κ3) is 6.58. The van der Waals surface area contributed by atoms with Crippen LogP contribution in [0.4, 0.5) is 5.69 Å². The van der Waals surface area contributed by atoms with Crippen molar-refractivity contribution in [3.05, 3.63) is 91.5 Å². The van der Waals surface area contributed by atoms with Gasteiger partial charge in [0.05, 0.1) is 10.2 Å². The zero-order valence-electron chi connectivity index (χ0n) is 17.3. The summed E-state index contributed by atoms with van der Waals surface area (Å²) in [6.45, 7) is 2.76. The smallest absolute Gasteiger partial charge is 0.266 e. The normalized spacial score (nSPS) is 10.9. The quantitative estimate of drug-likeness (QED) is 0.180. The third-order valence-electron chi connectivity index (χ3n) is 4.34. The van der Waals surface area contributed by atoms with Crippen molar-refractivity contribution in [3.63, 3.8) is 0 Å². The molecular formula is C25H20BrIN2O3. The Morgan fingerprint density at radius 1 is 1.12 bits per heavy atom. The topological polar surface area (TPSA) is 71.3 Å². The van der Waals surface area contributed by atoms with Crippen LogP contribution in [-0.4, -0.2) is 12.5 Å². The molecule has 0 aliphatic heterocycles. The second-order valence-electron chi connectivity index (χ2n) is 6.67. The van der Waals surface area contributed by atoms with Crippen LogP contribution in [0.5, 0.6) is 11.5 Å². The highest BCUT2D eigenvalue weighted by molar-refractivity contribution is 14.1. The number of ether oxygens (including phenoxy) is 2. The number of nitriles is 1. The van der Waals surface area contributed by atoms with E-state index in [2.05, 4.69) is 43.8 Å². The molecule has 0 spiro atoms. The van der Waals surface area contributed by atoms with Gasteiger partial charge in [0.1, 0.15) is 18.2 Å². The lowest BCUT2D eigenvalue weighted by molar-refractivity contribution is -0.112. The second-order valence-corrected chi connectivity index (χ2v) is 8.75. The molecule has 1 amide bonds. The van der Waals surface area contributed by atoms with E-state index in [4.69, 9.17) is 9.47 Å². The Morgan fingerprint density at radius 2 is 1.84 bits per heavy atom. The van der Waals surface area contributed by atoms with Gasteiger partial charge in [-0.05, 0) is 83.1 Å². The zero-order chi connectivity index (χ0) is 22.9. The van der Waals surface area contributed by atoms with Gasteiger partial charge in [-0.15, -0.1) is 0 Å². The number of amides is 1. The number of halogens is 2. The van der Waals surface area contributed by atoms with Gasteiger partial charge in [0.15, 0.2) is 11.5 Å². The predicted molar refractivity (Wildman–Crippen MR) is 137 cm³/mol. The summed E-state index contributed by atoms with van der Waals surface area (Å²) in [5.74, 6) is 0.714. The summed E-state index contributed by atoms with van der Waals surface area (Å²) in [7, 11) is 0. The molecule has 0 aliphatic rings.